The summed E-state index contributed by atoms with van der Waals surface area (Å²) in [5.41, 5.74) is 6.48. The van der Waals surface area contributed by atoms with Crippen molar-refractivity contribution in [3.63, 3.8) is 0 Å². The van der Waals surface area contributed by atoms with Gasteiger partial charge in [-0.2, -0.15) is 0 Å². The number of aliphatic carboxylic acids is 1. The second-order valence-corrected chi connectivity index (χ2v) is 7.72. The highest BCUT2D eigenvalue weighted by Crippen LogP contribution is 2.44. The Morgan fingerprint density at radius 3 is 2.21 bits per heavy atom. The first-order valence-corrected chi connectivity index (χ1v) is 10.7. The van der Waals surface area contributed by atoms with Gasteiger partial charge in [0.05, 0.1) is 0 Å². The van der Waals surface area contributed by atoms with Crippen LogP contribution in [-0.4, -0.2) is 55.5 Å². The third kappa shape index (κ3) is 6.09. The van der Waals surface area contributed by atoms with Crippen LogP contribution in [0.2, 0.25) is 0 Å². The van der Waals surface area contributed by atoms with Gasteiger partial charge in [-0.3, -0.25) is 9.63 Å². The summed E-state index contributed by atoms with van der Waals surface area (Å²) in [6.45, 7) is 1.78. The lowest BCUT2D eigenvalue weighted by Crippen LogP contribution is -2.48. The molecule has 176 valence electrons. The van der Waals surface area contributed by atoms with Gasteiger partial charge in [0.15, 0.2) is 6.10 Å². The van der Waals surface area contributed by atoms with Crippen molar-refractivity contribution in [1.82, 2.24) is 10.8 Å². The summed E-state index contributed by atoms with van der Waals surface area (Å²) in [6.07, 6.45) is -1.23. The van der Waals surface area contributed by atoms with E-state index in [9.17, 15) is 14.4 Å². The number of fused-ring (bicyclic) bond motifs is 3. The molecule has 0 saturated carbocycles. The summed E-state index contributed by atoms with van der Waals surface area (Å²) in [4.78, 5) is 40.7. The van der Waals surface area contributed by atoms with E-state index in [0.29, 0.717) is 13.0 Å². The smallest absolute Gasteiger partial charge is 0.407 e. The number of carboxylic acid groups (broad SMARTS) is 1. The summed E-state index contributed by atoms with van der Waals surface area (Å²) in [7, 11) is 1.53. The third-order valence-electron chi connectivity index (χ3n) is 5.48. The van der Waals surface area contributed by atoms with Gasteiger partial charge < -0.3 is 19.9 Å². The quantitative estimate of drug-likeness (QED) is 0.351. The molecule has 9 heteroatoms. The fourth-order valence-corrected chi connectivity index (χ4v) is 3.75. The highest BCUT2D eigenvalue weighted by atomic mass is 16.7. The highest BCUT2D eigenvalue weighted by Gasteiger charge is 2.30. The Morgan fingerprint density at radius 2 is 1.64 bits per heavy atom. The van der Waals surface area contributed by atoms with E-state index in [2.05, 4.69) is 10.8 Å². The van der Waals surface area contributed by atoms with Crippen LogP contribution in [0.4, 0.5) is 4.79 Å². The minimum Gasteiger partial charge on any atom is -0.479 e. The van der Waals surface area contributed by atoms with Gasteiger partial charge in [-0.25, -0.2) is 15.1 Å². The lowest BCUT2D eigenvalue weighted by Gasteiger charge is -2.20. The monoisotopic (exact) mass is 456 g/mol. The molecule has 2 atom stereocenters. The fraction of sp³-hybridized carbons (Fsp3) is 0.375. The van der Waals surface area contributed by atoms with Gasteiger partial charge in [0.1, 0.15) is 12.6 Å². The molecule has 0 fully saturated rings. The van der Waals surface area contributed by atoms with Gasteiger partial charge in [-0.15, -0.1) is 0 Å². The molecule has 2 unspecified atom stereocenters. The average Bonchev–Trinajstić information content (AvgIpc) is 3.14. The largest absolute Gasteiger partial charge is 0.479 e. The number of carbonyl (C=O) groups excluding carboxylic acids is 2. The van der Waals surface area contributed by atoms with E-state index in [1.54, 1.807) is 0 Å². The van der Waals surface area contributed by atoms with E-state index in [1.165, 1.54) is 14.0 Å². The molecule has 0 aromatic heterocycles. The molecular weight excluding hydrogens is 428 g/mol. The minimum absolute atomic E-state index is 0.108. The molecule has 0 bridgehead atoms. The van der Waals surface area contributed by atoms with Crippen LogP contribution >= 0.6 is 0 Å². The molecular formula is C24H28N2O7. The van der Waals surface area contributed by atoms with Gasteiger partial charge in [0.25, 0.3) is 5.91 Å². The van der Waals surface area contributed by atoms with Gasteiger partial charge in [0, 0.05) is 19.6 Å². The van der Waals surface area contributed by atoms with Crippen molar-refractivity contribution >= 4 is 18.0 Å². The highest BCUT2D eigenvalue weighted by molar-refractivity contribution is 5.85. The number of nitrogens with one attached hydrogen (secondary N) is 2. The second kappa shape index (κ2) is 11.4. The Bertz CT molecular complexity index is 949. The lowest BCUT2D eigenvalue weighted by atomic mass is 9.98. The maximum Gasteiger partial charge on any atom is 0.407 e. The topological polar surface area (TPSA) is 123 Å². The number of hydrogen-bond donors (Lipinski definition) is 3. The van der Waals surface area contributed by atoms with Gasteiger partial charge in [-0.1, -0.05) is 48.5 Å². The van der Waals surface area contributed by atoms with Gasteiger partial charge in [-0.05, 0) is 42.0 Å². The van der Waals surface area contributed by atoms with Gasteiger partial charge >= 0.3 is 12.1 Å². The van der Waals surface area contributed by atoms with E-state index < -0.39 is 30.1 Å². The number of hydroxylamine groups is 1. The first-order valence-electron chi connectivity index (χ1n) is 10.7. The Kier molecular flexibility index (Phi) is 8.39. The van der Waals surface area contributed by atoms with Crippen molar-refractivity contribution in [3.05, 3.63) is 59.7 Å². The maximum atomic E-state index is 12.5. The summed E-state index contributed by atoms with van der Waals surface area (Å²) >= 11 is 0. The Balaban J connectivity index is 1.62. The maximum absolute atomic E-state index is 12.5. The molecule has 0 saturated heterocycles. The SMILES string of the molecule is COCCCC(NC(=O)OCC1c2ccccc2-c2ccccc21)C(=O)NOC(C)C(=O)O. The molecule has 3 rings (SSSR count). The second-order valence-electron chi connectivity index (χ2n) is 7.72. The molecule has 2 aromatic carbocycles. The number of carboxylic acids is 1. The first-order chi connectivity index (χ1) is 15.9. The van der Waals surface area contributed by atoms with E-state index in [1.807, 2.05) is 48.5 Å². The molecule has 33 heavy (non-hydrogen) atoms. The van der Waals surface area contributed by atoms with Crippen molar-refractivity contribution in [2.24, 2.45) is 0 Å². The van der Waals surface area contributed by atoms with E-state index >= 15 is 0 Å². The normalized spacial score (nSPS) is 14.0. The molecule has 0 heterocycles. The first kappa shape index (κ1) is 24.2. The van der Waals surface area contributed by atoms with E-state index in [-0.39, 0.29) is 18.9 Å². The summed E-state index contributed by atoms with van der Waals surface area (Å²) < 4.78 is 10.5. The van der Waals surface area contributed by atoms with Gasteiger partial charge in [0.2, 0.25) is 0 Å². The predicted octanol–water partition coefficient (Wildman–Crippen LogP) is 2.84. The molecule has 0 aliphatic heterocycles. The summed E-state index contributed by atoms with van der Waals surface area (Å²) in [5, 5.41) is 11.4. The number of amides is 2. The minimum atomic E-state index is -1.23. The molecule has 3 N–H and O–H groups in total. The van der Waals surface area contributed by atoms with Crippen molar-refractivity contribution in [2.45, 2.75) is 37.8 Å². The lowest BCUT2D eigenvalue weighted by molar-refractivity contribution is -0.159. The number of ether oxygens (including phenoxy) is 2. The van der Waals surface area contributed by atoms with Crippen molar-refractivity contribution in [2.75, 3.05) is 20.3 Å². The van der Waals surface area contributed by atoms with Crippen LogP contribution in [0.1, 0.15) is 36.8 Å². The fourth-order valence-electron chi connectivity index (χ4n) is 3.75. The van der Waals surface area contributed by atoms with Crippen LogP contribution in [0.15, 0.2) is 48.5 Å². The molecule has 2 aromatic rings. The predicted molar refractivity (Wildman–Crippen MR) is 119 cm³/mol. The summed E-state index contributed by atoms with van der Waals surface area (Å²) in [6, 6.07) is 15.0. The number of alkyl carbamates (subject to hydrolysis) is 1. The number of methoxy groups -OCH3 is 1. The number of benzene rings is 2. The zero-order chi connectivity index (χ0) is 23.8. The molecule has 0 radical (unpaired) electrons. The van der Waals surface area contributed by atoms with Crippen molar-refractivity contribution in [3.8, 4) is 11.1 Å². The summed E-state index contributed by atoms with van der Waals surface area (Å²) in [5.74, 6) is -2.01. The van der Waals surface area contributed by atoms with Crippen LogP contribution in [0, 0.1) is 0 Å². The van der Waals surface area contributed by atoms with Crippen LogP contribution < -0.4 is 10.8 Å². The molecule has 2 amide bonds. The van der Waals surface area contributed by atoms with Crippen molar-refractivity contribution < 1.29 is 33.8 Å². The molecule has 9 nitrogen and oxygen atoms in total. The van der Waals surface area contributed by atoms with Crippen LogP contribution in [0.5, 0.6) is 0 Å². The Labute approximate surface area is 192 Å². The van der Waals surface area contributed by atoms with E-state index in [4.69, 9.17) is 19.4 Å². The number of carbonyl (C=O) groups is 3. The number of rotatable bonds is 11. The van der Waals surface area contributed by atoms with Crippen molar-refractivity contribution in [1.29, 1.82) is 0 Å². The standard InChI is InChI=1S/C24H28N2O7/c1-15(23(28)29)33-26-22(27)21(12-7-13-31-2)25-24(30)32-14-20-18-10-5-3-8-16(18)17-9-4-6-11-19(17)20/h3-6,8-11,15,20-21H,7,12-14H2,1-2H3,(H,25,30)(H,26,27)(H,28,29). The number of hydrogen-bond acceptors (Lipinski definition) is 6. The molecule has 0 spiro atoms. The van der Waals surface area contributed by atoms with Crippen LogP contribution in [0.25, 0.3) is 11.1 Å². The zero-order valence-corrected chi connectivity index (χ0v) is 18.6. The Morgan fingerprint density at radius 1 is 1.03 bits per heavy atom. The third-order valence-corrected chi connectivity index (χ3v) is 5.48. The van der Waals surface area contributed by atoms with Crippen LogP contribution in [-0.2, 0) is 23.9 Å². The van der Waals surface area contributed by atoms with E-state index in [0.717, 1.165) is 22.3 Å². The van der Waals surface area contributed by atoms with Crippen LogP contribution in [0.3, 0.4) is 0 Å². The zero-order valence-electron chi connectivity index (χ0n) is 18.6. The Hall–Kier alpha value is -3.43. The molecule has 1 aliphatic rings. The molecule has 1 aliphatic carbocycles. The average molecular weight is 456 g/mol.